The number of hydrogen-bond donors (Lipinski definition) is 1. The quantitative estimate of drug-likeness (QED) is 0.579. The molecule has 3 aromatic carbocycles. The predicted molar refractivity (Wildman–Crippen MR) is 107 cm³/mol. The summed E-state index contributed by atoms with van der Waals surface area (Å²) in [5, 5.41) is 3.10. The number of anilines is 1. The lowest BCUT2D eigenvalue weighted by molar-refractivity contribution is -0.119. The molecule has 0 atom stereocenters. The van der Waals surface area contributed by atoms with Crippen molar-refractivity contribution in [1.29, 1.82) is 0 Å². The van der Waals surface area contributed by atoms with Crippen LogP contribution in [-0.2, 0) is 9.53 Å². The van der Waals surface area contributed by atoms with Crippen LogP contribution in [0.1, 0.15) is 10.4 Å². The highest BCUT2D eigenvalue weighted by Crippen LogP contribution is 2.28. The van der Waals surface area contributed by atoms with Gasteiger partial charge in [0, 0.05) is 11.3 Å². The number of esters is 1. The number of halogens is 2. The summed E-state index contributed by atoms with van der Waals surface area (Å²) in [6, 6.07) is 21.7. The van der Waals surface area contributed by atoms with Crippen molar-refractivity contribution in [3.63, 3.8) is 0 Å². The first kappa shape index (κ1) is 19.0. The van der Waals surface area contributed by atoms with E-state index in [1.807, 2.05) is 48.5 Å². The lowest BCUT2D eigenvalue weighted by atomic mass is 10.0. The minimum absolute atomic E-state index is 0.0401. The van der Waals surface area contributed by atoms with Crippen molar-refractivity contribution in [2.24, 2.45) is 0 Å². The standard InChI is InChI=1S/C21H15Cl2NO3/c22-16-10-6-11-17(23)20(16)21(26)27-13-19(25)24-18-12-5-4-9-15(18)14-7-2-1-3-8-14/h1-12H,13H2,(H,24,25). The van der Waals surface area contributed by atoms with Crippen LogP contribution < -0.4 is 5.32 Å². The zero-order chi connectivity index (χ0) is 19.2. The Kier molecular flexibility index (Phi) is 6.12. The van der Waals surface area contributed by atoms with Gasteiger partial charge in [0.1, 0.15) is 0 Å². The van der Waals surface area contributed by atoms with Gasteiger partial charge in [-0.2, -0.15) is 0 Å². The van der Waals surface area contributed by atoms with Gasteiger partial charge in [0.15, 0.2) is 6.61 Å². The normalized spacial score (nSPS) is 10.3. The van der Waals surface area contributed by atoms with Crippen molar-refractivity contribution in [2.45, 2.75) is 0 Å². The molecule has 1 N–H and O–H groups in total. The van der Waals surface area contributed by atoms with E-state index in [-0.39, 0.29) is 15.6 Å². The van der Waals surface area contributed by atoms with E-state index in [2.05, 4.69) is 5.32 Å². The number of rotatable bonds is 5. The first-order valence-electron chi connectivity index (χ1n) is 8.11. The summed E-state index contributed by atoms with van der Waals surface area (Å²) in [5.74, 6) is -1.22. The number of amides is 1. The summed E-state index contributed by atoms with van der Waals surface area (Å²) in [4.78, 5) is 24.4. The number of benzene rings is 3. The summed E-state index contributed by atoms with van der Waals surface area (Å²) in [7, 11) is 0. The largest absolute Gasteiger partial charge is 0.452 e. The Morgan fingerprint density at radius 3 is 2.15 bits per heavy atom. The van der Waals surface area contributed by atoms with Crippen molar-refractivity contribution in [3.05, 3.63) is 88.4 Å². The molecule has 136 valence electrons. The van der Waals surface area contributed by atoms with Crippen LogP contribution in [0.15, 0.2) is 72.8 Å². The summed E-state index contributed by atoms with van der Waals surface area (Å²) in [6.07, 6.45) is 0. The number of hydrogen-bond acceptors (Lipinski definition) is 3. The average Bonchev–Trinajstić information content (AvgIpc) is 2.67. The third-order valence-corrected chi connectivity index (χ3v) is 4.42. The van der Waals surface area contributed by atoms with Crippen LogP contribution in [-0.4, -0.2) is 18.5 Å². The fraction of sp³-hybridized carbons (Fsp3) is 0.0476. The molecule has 0 unspecified atom stereocenters. The first-order valence-corrected chi connectivity index (χ1v) is 8.87. The Labute approximate surface area is 166 Å². The van der Waals surface area contributed by atoms with Crippen LogP contribution in [0.5, 0.6) is 0 Å². The van der Waals surface area contributed by atoms with Gasteiger partial charge in [-0.15, -0.1) is 0 Å². The molecule has 0 aliphatic carbocycles. The third kappa shape index (κ3) is 4.67. The molecule has 27 heavy (non-hydrogen) atoms. The highest BCUT2D eigenvalue weighted by atomic mass is 35.5. The summed E-state index contributed by atoms with van der Waals surface area (Å²) in [6.45, 7) is -0.455. The average molecular weight is 400 g/mol. The van der Waals surface area contributed by atoms with Gasteiger partial charge in [-0.25, -0.2) is 4.79 Å². The van der Waals surface area contributed by atoms with Crippen molar-refractivity contribution in [2.75, 3.05) is 11.9 Å². The molecular weight excluding hydrogens is 385 g/mol. The van der Waals surface area contributed by atoms with E-state index in [4.69, 9.17) is 27.9 Å². The molecule has 4 nitrogen and oxygen atoms in total. The molecule has 3 aromatic rings. The van der Waals surface area contributed by atoms with Crippen LogP contribution in [0.4, 0.5) is 5.69 Å². The van der Waals surface area contributed by atoms with Crippen LogP contribution in [0.2, 0.25) is 10.0 Å². The fourth-order valence-corrected chi connectivity index (χ4v) is 3.10. The van der Waals surface area contributed by atoms with Gasteiger partial charge >= 0.3 is 5.97 Å². The molecule has 0 spiro atoms. The van der Waals surface area contributed by atoms with E-state index in [0.717, 1.165) is 11.1 Å². The second kappa shape index (κ2) is 8.71. The highest BCUT2D eigenvalue weighted by Gasteiger charge is 2.17. The number of carbonyl (C=O) groups is 2. The van der Waals surface area contributed by atoms with Gasteiger partial charge in [0.25, 0.3) is 5.91 Å². The molecule has 0 aromatic heterocycles. The molecule has 0 saturated carbocycles. The lowest BCUT2D eigenvalue weighted by Crippen LogP contribution is -2.21. The van der Waals surface area contributed by atoms with Crippen LogP contribution in [0, 0.1) is 0 Å². The van der Waals surface area contributed by atoms with Crippen molar-refractivity contribution < 1.29 is 14.3 Å². The maximum atomic E-state index is 12.2. The molecule has 0 aliphatic heterocycles. The molecule has 0 fully saturated rings. The molecule has 3 rings (SSSR count). The monoisotopic (exact) mass is 399 g/mol. The van der Waals surface area contributed by atoms with Crippen LogP contribution >= 0.6 is 23.2 Å². The SMILES string of the molecule is O=C(COC(=O)c1c(Cl)cccc1Cl)Nc1ccccc1-c1ccccc1. The Morgan fingerprint density at radius 1 is 0.815 bits per heavy atom. The predicted octanol–water partition coefficient (Wildman–Crippen LogP) is 5.46. The number of ether oxygens (including phenoxy) is 1. The highest BCUT2D eigenvalue weighted by molar-refractivity contribution is 6.39. The van der Waals surface area contributed by atoms with E-state index < -0.39 is 18.5 Å². The van der Waals surface area contributed by atoms with Gasteiger partial charge in [-0.1, -0.05) is 77.8 Å². The summed E-state index contributed by atoms with van der Waals surface area (Å²) < 4.78 is 5.05. The van der Waals surface area contributed by atoms with Crippen molar-refractivity contribution in [1.82, 2.24) is 0 Å². The topological polar surface area (TPSA) is 55.4 Å². The van der Waals surface area contributed by atoms with E-state index in [0.29, 0.717) is 5.69 Å². The van der Waals surface area contributed by atoms with Crippen LogP contribution in [0.3, 0.4) is 0 Å². The summed E-state index contributed by atoms with van der Waals surface area (Å²) >= 11 is 11.9. The Morgan fingerprint density at radius 2 is 1.44 bits per heavy atom. The first-order chi connectivity index (χ1) is 13.1. The van der Waals surface area contributed by atoms with E-state index >= 15 is 0 Å². The fourth-order valence-electron chi connectivity index (χ4n) is 2.54. The molecule has 6 heteroatoms. The molecule has 0 aliphatic rings. The van der Waals surface area contributed by atoms with E-state index in [9.17, 15) is 9.59 Å². The van der Waals surface area contributed by atoms with Gasteiger partial charge in [0.05, 0.1) is 15.6 Å². The number of carbonyl (C=O) groups excluding carboxylic acids is 2. The Hall–Kier alpha value is -2.82. The second-order valence-electron chi connectivity index (χ2n) is 5.63. The molecular formula is C21H15Cl2NO3. The van der Waals surface area contributed by atoms with Crippen LogP contribution in [0.25, 0.3) is 11.1 Å². The van der Waals surface area contributed by atoms with Crippen molar-refractivity contribution >= 4 is 40.8 Å². The maximum Gasteiger partial charge on any atom is 0.341 e. The third-order valence-electron chi connectivity index (χ3n) is 3.79. The minimum Gasteiger partial charge on any atom is -0.452 e. The molecule has 0 bridgehead atoms. The van der Waals surface area contributed by atoms with Gasteiger partial charge in [-0.3, -0.25) is 4.79 Å². The maximum absolute atomic E-state index is 12.2. The zero-order valence-electron chi connectivity index (χ0n) is 14.1. The van der Waals surface area contributed by atoms with Gasteiger partial charge < -0.3 is 10.1 Å². The van der Waals surface area contributed by atoms with Gasteiger partial charge in [0.2, 0.25) is 0 Å². The Bertz CT molecular complexity index is 954. The number of para-hydroxylation sites is 1. The van der Waals surface area contributed by atoms with Crippen molar-refractivity contribution in [3.8, 4) is 11.1 Å². The molecule has 0 saturated heterocycles. The second-order valence-corrected chi connectivity index (χ2v) is 6.45. The molecule has 0 heterocycles. The van der Waals surface area contributed by atoms with E-state index in [1.54, 1.807) is 12.1 Å². The summed E-state index contributed by atoms with van der Waals surface area (Å²) in [5.41, 5.74) is 2.50. The smallest absolute Gasteiger partial charge is 0.341 e. The Balaban J connectivity index is 1.68. The minimum atomic E-state index is -0.753. The lowest BCUT2D eigenvalue weighted by Gasteiger charge is -2.12. The zero-order valence-corrected chi connectivity index (χ0v) is 15.6. The molecule has 1 amide bonds. The van der Waals surface area contributed by atoms with Gasteiger partial charge in [-0.05, 0) is 23.8 Å². The number of nitrogens with one attached hydrogen (secondary N) is 1. The van der Waals surface area contributed by atoms with E-state index in [1.165, 1.54) is 12.1 Å². The molecule has 0 radical (unpaired) electrons.